The van der Waals surface area contributed by atoms with Gasteiger partial charge >= 0.3 is 5.97 Å². The van der Waals surface area contributed by atoms with Crippen LogP contribution in [-0.2, 0) is 26.3 Å². The first-order chi connectivity index (χ1) is 8.87. The van der Waals surface area contributed by atoms with Gasteiger partial charge in [-0.25, -0.2) is 4.98 Å². The Morgan fingerprint density at radius 2 is 2.11 bits per heavy atom. The first kappa shape index (κ1) is 15.6. The molecule has 0 aliphatic heterocycles. The molecule has 9 heteroatoms. The van der Waals surface area contributed by atoms with Crippen molar-refractivity contribution in [3.63, 3.8) is 0 Å². The van der Waals surface area contributed by atoms with Crippen molar-refractivity contribution in [3.05, 3.63) is 18.2 Å². The van der Waals surface area contributed by atoms with Crippen LogP contribution in [0.5, 0.6) is 0 Å². The van der Waals surface area contributed by atoms with E-state index in [1.807, 2.05) is 0 Å². The molecule has 19 heavy (non-hydrogen) atoms. The number of methoxy groups -OCH3 is 1. The van der Waals surface area contributed by atoms with Gasteiger partial charge in [-0.2, -0.15) is 17.0 Å². The summed E-state index contributed by atoms with van der Waals surface area (Å²) in [7, 11) is 0.508. The predicted molar refractivity (Wildman–Crippen MR) is 68.2 cm³/mol. The Balaban J connectivity index is 2.60. The normalized spacial score (nSPS) is 12.1. The summed E-state index contributed by atoms with van der Waals surface area (Å²) in [6.07, 6.45) is 3.19. The summed E-state index contributed by atoms with van der Waals surface area (Å²) in [5.41, 5.74) is 0. The van der Waals surface area contributed by atoms with Crippen LogP contribution in [0.15, 0.2) is 12.4 Å². The molecule has 108 valence electrons. The highest BCUT2D eigenvalue weighted by molar-refractivity contribution is 7.86. The lowest BCUT2D eigenvalue weighted by Crippen LogP contribution is -2.40. The van der Waals surface area contributed by atoms with E-state index in [4.69, 9.17) is 0 Å². The lowest BCUT2D eigenvalue weighted by atomic mass is 10.4. The summed E-state index contributed by atoms with van der Waals surface area (Å²) in [4.78, 5) is 17.8. The Morgan fingerprint density at radius 1 is 1.42 bits per heavy atom. The van der Waals surface area contributed by atoms with Crippen LogP contribution in [0.25, 0.3) is 0 Å². The molecule has 1 heterocycles. The molecule has 0 amide bonds. The van der Waals surface area contributed by atoms with Gasteiger partial charge in [0.25, 0.3) is 10.2 Å². The number of nitrogens with zero attached hydrogens (tertiary/aromatic N) is 3. The maximum Gasteiger partial charge on any atom is 0.306 e. The zero-order chi connectivity index (χ0) is 14.5. The molecule has 0 saturated carbocycles. The van der Waals surface area contributed by atoms with Gasteiger partial charge in [-0.3, -0.25) is 4.79 Å². The second kappa shape index (κ2) is 6.64. The van der Waals surface area contributed by atoms with Crippen LogP contribution in [0.3, 0.4) is 0 Å². The maximum atomic E-state index is 12.1. The highest BCUT2D eigenvalue weighted by Crippen LogP contribution is 2.08. The fraction of sp³-hybridized carbons (Fsp3) is 0.600. The van der Waals surface area contributed by atoms with E-state index in [-0.39, 0.29) is 19.5 Å². The van der Waals surface area contributed by atoms with Gasteiger partial charge in [0.1, 0.15) is 5.82 Å². The van der Waals surface area contributed by atoms with Gasteiger partial charge in [0.15, 0.2) is 0 Å². The van der Waals surface area contributed by atoms with E-state index in [1.54, 1.807) is 12.4 Å². The monoisotopic (exact) mass is 290 g/mol. The van der Waals surface area contributed by atoms with Gasteiger partial charge in [0, 0.05) is 33.0 Å². The molecule has 1 N–H and O–H groups in total. The molecule has 0 aliphatic carbocycles. The zero-order valence-corrected chi connectivity index (χ0v) is 12.0. The van der Waals surface area contributed by atoms with Gasteiger partial charge in [-0.05, 0) is 0 Å². The van der Waals surface area contributed by atoms with E-state index in [1.165, 1.54) is 21.2 Å². The van der Waals surface area contributed by atoms with Crippen molar-refractivity contribution < 1.29 is 17.9 Å². The number of esters is 1. The van der Waals surface area contributed by atoms with Crippen LogP contribution in [0, 0.1) is 0 Å². The van der Waals surface area contributed by atoms with Gasteiger partial charge in [-0.1, -0.05) is 0 Å². The molecule has 0 atom stereocenters. The number of hydrogen-bond acceptors (Lipinski definition) is 5. The second-order valence-corrected chi connectivity index (χ2v) is 6.09. The number of imidazole rings is 1. The van der Waals surface area contributed by atoms with E-state index >= 15 is 0 Å². The number of hydrogen-bond donors (Lipinski definition) is 1. The molecule has 0 spiro atoms. The third kappa shape index (κ3) is 4.30. The predicted octanol–water partition coefficient (Wildman–Crippen LogP) is -0.419. The van der Waals surface area contributed by atoms with E-state index < -0.39 is 16.2 Å². The molecule has 0 radical (unpaired) electrons. The summed E-state index contributed by atoms with van der Waals surface area (Å²) in [6, 6.07) is 0. The van der Waals surface area contributed by atoms with Crippen LogP contribution in [0.1, 0.15) is 12.2 Å². The SMILES string of the molecule is COC(=O)CCN(C)S(=O)(=O)N(C)Cc1ncc[nH]1. The van der Waals surface area contributed by atoms with Gasteiger partial charge in [0.05, 0.1) is 20.1 Å². The summed E-state index contributed by atoms with van der Waals surface area (Å²) in [5.74, 6) is 0.100. The fourth-order valence-corrected chi connectivity index (χ4v) is 2.46. The lowest BCUT2D eigenvalue weighted by molar-refractivity contribution is -0.140. The topological polar surface area (TPSA) is 95.6 Å². The molecule has 1 aromatic rings. The molecule has 0 aromatic carbocycles. The van der Waals surface area contributed by atoms with Gasteiger partial charge < -0.3 is 9.72 Å². The molecule has 0 aliphatic rings. The Bertz CT molecular complexity index is 500. The molecule has 8 nitrogen and oxygen atoms in total. The number of nitrogens with one attached hydrogen (secondary N) is 1. The van der Waals surface area contributed by atoms with Crippen molar-refractivity contribution in [3.8, 4) is 0 Å². The Hall–Kier alpha value is -1.45. The van der Waals surface area contributed by atoms with Crippen LogP contribution in [0.4, 0.5) is 0 Å². The first-order valence-electron chi connectivity index (χ1n) is 5.60. The van der Waals surface area contributed by atoms with Crippen LogP contribution < -0.4 is 0 Å². The van der Waals surface area contributed by atoms with Gasteiger partial charge in [-0.15, -0.1) is 0 Å². The van der Waals surface area contributed by atoms with E-state index in [0.29, 0.717) is 5.82 Å². The summed E-state index contributed by atoms with van der Waals surface area (Å²) in [6.45, 7) is 0.204. The summed E-state index contributed by atoms with van der Waals surface area (Å²) >= 11 is 0. The Labute approximate surface area is 112 Å². The number of ether oxygens (including phenoxy) is 1. The van der Waals surface area contributed by atoms with Crippen molar-refractivity contribution in [2.75, 3.05) is 27.7 Å². The second-order valence-electron chi connectivity index (χ2n) is 3.95. The van der Waals surface area contributed by atoms with E-state index in [0.717, 1.165) is 8.61 Å². The zero-order valence-electron chi connectivity index (χ0n) is 11.2. The number of aromatic nitrogens is 2. The summed E-state index contributed by atoms with van der Waals surface area (Å²) in [5, 5.41) is 0. The van der Waals surface area contributed by atoms with Crippen molar-refractivity contribution in [1.29, 1.82) is 0 Å². The smallest absolute Gasteiger partial charge is 0.306 e. The Morgan fingerprint density at radius 3 is 2.63 bits per heavy atom. The molecule has 0 fully saturated rings. The van der Waals surface area contributed by atoms with Crippen molar-refractivity contribution in [1.82, 2.24) is 18.6 Å². The molecule has 0 saturated heterocycles. The number of rotatable bonds is 7. The highest BCUT2D eigenvalue weighted by atomic mass is 32.2. The summed E-state index contributed by atoms with van der Waals surface area (Å²) < 4.78 is 31.0. The number of aromatic amines is 1. The first-order valence-corrected chi connectivity index (χ1v) is 7.00. The van der Waals surface area contributed by atoms with E-state index in [2.05, 4.69) is 14.7 Å². The number of H-pyrrole nitrogens is 1. The molecular weight excluding hydrogens is 272 g/mol. The van der Waals surface area contributed by atoms with Crippen LogP contribution >= 0.6 is 0 Å². The van der Waals surface area contributed by atoms with Crippen molar-refractivity contribution >= 4 is 16.2 Å². The lowest BCUT2D eigenvalue weighted by Gasteiger charge is -2.23. The fourth-order valence-electron chi connectivity index (χ4n) is 1.38. The Kier molecular flexibility index (Phi) is 5.45. The van der Waals surface area contributed by atoms with Crippen LogP contribution in [0.2, 0.25) is 0 Å². The number of carbonyl (C=O) groups excluding carboxylic acids is 1. The molecule has 0 unspecified atom stereocenters. The standard InChI is InChI=1S/C10H18N4O4S/c1-13(7-4-10(15)18-3)19(16,17)14(2)8-9-11-5-6-12-9/h5-6H,4,7-8H2,1-3H3,(H,11,12). The maximum absolute atomic E-state index is 12.1. The molecule has 1 rings (SSSR count). The van der Waals surface area contributed by atoms with Crippen molar-refractivity contribution in [2.45, 2.75) is 13.0 Å². The average molecular weight is 290 g/mol. The largest absolute Gasteiger partial charge is 0.469 e. The van der Waals surface area contributed by atoms with Crippen LogP contribution in [-0.4, -0.2) is 60.7 Å². The highest BCUT2D eigenvalue weighted by Gasteiger charge is 2.24. The quantitative estimate of drug-likeness (QED) is 0.688. The minimum Gasteiger partial charge on any atom is -0.469 e. The van der Waals surface area contributed by atoms with Gasteiger partial charge in [0.2, 0.25) is 0 Å². The molecular formula is C10H18N4O4S. The minimum absolute atomic E-state index is 0.0147. The van der Waals surface area contributed by atoms with Crippen molar-refractivity contribution in [2.24, 2.45) is 0 Å². The molecule has 1 aromatic heterocycles. The minimum atomic E-state index is -3.62. The van der Waals surface area contributed by atoms with E-state index in [9.17, 15) is 13.2 Å². The average Bonchev–Trinajstić information content (AvgIpc) is 2.87. The third-order valence-corrected chi connectivity index (χ3v) is 4.46. The number of carbonyl (C=O) groups is 1. The third-order valence-electron chi connectivity index (χ3n) is 2.57. The molecule has 0 bridgehead atoms.